The van der Waals surface area contributed by atoms with Gasteiger partial charge < -0.3 is 0 Å². The SMILES string of the molecule is CC(C)/C1=N\C=C/C2CC\C1=C/C(C(F)(F)F)=NC2. The minimum absolute atomic E-state index is 0.0403. The maximum Gasteiger partial charge on any atom is 0.432 e. The highest BCUT2D eigenvalue weighted by Crippen LogP contribution is 2.27. The number of hydrogen-bond donors (Lipinski definition) is 0. The molecule has 0 aromatic rings. The molecule has 5 heteroatoms. The Bertz CT molecular complexity index is 468. The van der Waals surface area contributed by atoms with Gasteiger partial charge in [0.05, 0.1) is 0 Å². The van der Waals surface area contributed by atoms with E-state index in [1.807, 2.05) is 19.9 Å². The molecule has 2 aliphatic rings. The molecule has 1 unspecified atom stereocenters. The number of rotatable bonds is 1. The van der Waals surface area contributed by atoms with E-state index in [9.17, 15) is 13.2 Å². The van der Waals surface area contributed by atoms with Gasteiger partial charge in [0.2, 0.25) is 0 Å². The summed E-state index contributed by atoms with van der Waals surface area (Å²) in [7, 11) is 0. The zero-order valence-corrected chi connectivity index (χ0v) is 11.0. The first-order chi connectivity index (χ1) is 8.88. The Morgan fingerprint density at radius 3 is 2.68 bits per heavy atom. The van der Waals surface area contributed by atoms with Crippen molar-refractivity contribution >= 4 is 11.4 Å². The van der Waals surface area contributed by atoms with E-state index in [2.05, 4.69) is 9.98 Å². The Hall–Kier alpha value is -1.39. The maximum absolute atomic E-state index is 12.9. The lowest BCUT2D eigenvalue weighted by atomic mass is 9.89. The molecule has 0 saturated carbocycles. The zero-order chi connectivity index (χ0) is 14.0. The van der Waals surface area contributed by atoms with Crippen molar-refractivity contribution in [2.45, 2.75) is 32.9 Å². The summed E-state index contributed by atoms with van der Waals surface area (Å²) in [6.45, 7) is 4.06. The number of hydrogen-bond acceptors (Lipinski definition) is 2. The van der Waals surface area contributed by atoms with Crippen molar-refractivity contribution in [3.63, 3.8) is 0 Å². The standard InChI is InChI=1S/C14H17F3N2/c1-9(2)13-11-4-3-10(5-6-18-13)8-19-12(7-11)14(15,16)17/h5-7,9-10H,3-4,8H2,1-2H3/b6-5-,11-7+,18-13+,19-12?. The summed E-state index contributed by atoms with van der Waals surface area (Å²) in [5.41, 5.74) is 0.615. The van der Waals surface area contributed by atoms with Gasteiger partial charge in [0.1, 0.15) is 5.71 Å². The van der Waals surface area contributed by atoms with Crippen LogP contribution in [0.3, 0.4) is 0 Å². The molecule has 0 amide bonds. The summed E-state index contributed by atoms with van der Waals surface area (Å²) in [5.74, 6) is 0.139. The number of alkyl halides is 3. The normalized spacial score (nSPS) is 31.3. The highest BCUT2D eigenvalue weighted by atomic mass is 19.4. The van der Waals surface area contributed by atoms with E-state index in [-0.39, 0.29) is 18.4 Å². The van der Waals surface area contributed by atoms with Crippen molar-refractivity contribution in [2.75, 3.05) is 6.54 Å². The molecule has 2 nitrogen and oxygen atoms in total. The molecule has 2 aliphatic heterocycles. The maximum atomic E-state index is 12.9. The van der Waals surface area contributed by atoms with Crippen LogP contribution in [0, 0.1) is 11.8 Å². The average Bonchev–Trinajstić information content (AvgIpc) is 2.24. The topological polar surface area (TPSA) is 24.7 Å². The number of halogens is 3. The Kier molecular flexibility index (Phi) is 3.92. The average molecular weight is 270 g/mol. The minimum Gasteiger partial charge on any atom is -0.280 e. The molecule has 0 radical (unpaired) electrons. The van der Waals surface area contributed by atoms with Crippen molar-refractivity contribution in [3.05, 3.63) is 23.9 Å². The third-order valence-corrected chi connectivity index (χ3v) is 3.33. The highest BCUT2D eigenvalue weighted by Gasteiger charge is 2.35. The molecule has 1 atom stereocenters. The molecular formula is C14H17F3N2. The fraction of sp³-hybridized carbons (Fsp3) is 0.571. The van der Waals surface area contributed by atoms with Gasteiger partial charge in [0.25, 0.3) is 0 Å². The van der Waals surface area contributed by atoms with Crippen LogP contribution in [0.25, 0.3) is 0 Å². The first kappa shape index (κ1) is 14.0. The Balaban J connectivity index is 2.49. The van der Waals surface area contributed by atoms with E-state index < -0.39 is 11.9 Å². The minimum atomic E-state index is -4.39. The third kappa shape index (κ3) is 3.33. The van der Waals surface area contributed by atoms with Crippen LogP contribution in [-0.2, 0) is 0 Å². The van der Waals surface area contributed by atoms with Crippen LogP contribution >= 0.6 is 0 Å². The van der Waals surface area contributed by atoms with Crippen molar-refractivity contribution in [3.8, 4) is 0 Å². The lowest BCUT2D eigenvalue weighted by molar-refractivity contribution is -0.0579. The summed E-state index contributed by atoms with van der Waals surface area (Å²) in [5, 5.41) is 0. The summed E-state index contributed by atoms with van der Waals surface area (Å²) < 4.78 is 38.7. The van der Waals surface area contributed by atoms with Gasteiger partial charge in [-0.2, -0.15) is 13.2 Å². The molecule has 19 heavy (non-hydrogen) atoms. The second-order valence-electron chi connectivity index (χ2n) is 5.20. The summed E-state index contributed by atoms with van der Waals surface area (Å²) in [6.07, 6.45) is 1.80. The van der Waals surface area contributed by atoms with Gasteiger partial charge in [-0.1, -0.05) is 19.9 Å². The lowest BCUT2D eigenvalue weighted by Crippen LogP contribution is -2.26. The van der Waals surface area contributed by atoms with Gasteiger partial charge in [-0.25, -0.2) is 0 Å². The Labute approximate surface area is 110 Å². The van der Waals surface area contributed by atoms with Crippen molar-refractivity contribution in [1.82, 2.24) is 0 Å². The molecule has 0 N–H and O–H groups in total. The molecule has 104 valence electrons. The quantitative estimate of drug-likeness (QED) is 0.689. The first-order valence-corrected chi connectivity index (χ1v) is 6.45. The molecule has 0 aromatic heterocycles. The van der Waals surface area contributed by atoms with Crippen molar-refractivity contribution in [2.24, 2.45) is 21.8 Å². The number of aliphatic imine (C=N–C) groups is 2. The second-order valence-corrected chi connectivity index (χ2v) is 5.20. The van der Waals surface area contributed by atoms with Gasteiger partial charge in [-0.3, -0.25) is 9.98 Å². The van der Waals surface area contributed by atoms with Crippen LogP contribution in [0.1, 0.15) is 26.7 Å². The van der Waals surface area contributed by atoms with E-state index in [0.717, 1.165) is 12.1 Å². The van der Waals surface area contributed by atoms with Crippen LogP contribution in [0.4, 0.5) is 13.2 Å². The van der Waals surface area contributed by atoms with Crippen molar-refractivity contribution < 1.29 is 13.2 Å². The fourth-order valence-corrected chi connectivity index (χ4v) is 2.31. The molecule has 0 fully saturated rings. The van der Waals surface area contributed by atoms with Crippen LogP contribution in [0.2, 0.25) is 0 Å². The van der Waals surface area contributed by atoms with Crippen LogP contribution in [-0.4, -0.2) is 24.1 Å². The van der Waals surface area contributed by atoms with Gasteiger partial charge in [0, 0.05) is 18.5 Å². The van der Waals surface area contributed by atoms with E-state index in [1.165, 1.54) is 6.08 Å². The van der Waals surface area contributed by atoms with Crippen LogP contribution in [0.15, 0.2) is 33.9 Å². The number of nitrogens with zero attached hydrogens (tertiary/aromatic N) is 2. The fourth-order valence-electron chi connectivity index (χ4n) is 2.31. The monoisotopic (exact) mass is 270 g/mol. The second kappa shape index (κ2) is 5.31. The lowest BCUT2D eigenvalue weighted by Gasteiger charge is -2.22. The molecule has 2 heterocycles. The summed E-state index contributed by atoms with van der Waals surface area (Å²) in [4.78, 5) is 8.07. The van der Waals surface area contributed by atoms with Crippen molar-refractivity contribution in [1.29, 1.82) is 0 Å². The first-order valence-electron chi connectivity index (χ1n) is 6.45. The number of allylic oxidation sites excluding steroid dienone is 2. The number of fused-ring (bicyclic) bond motifs is 3. The van der Waals surface area contributed by atoms with Gasteiger partial charge in [-0.05, 0) is 36.3 Å². The van der Waals surface area contributed by atoms with Gasteiger partial charge >= 0.3 is 6.18 Å². The molecule has 0 aliphatic carbocycles. The molecule has 2 rings (SSSR count). The highest BCUT2D eigenvalue weighted by molar-refractivity contribution is 6.10. The molecule has 2 bridgehead atoms. The zero-order valence-electron chi connectivity index (χ0n) is 11.0. The predicted octanol–water partition coefficient (Wildman–Crippen LogP) is 3.95. The van der Waals surface area contributed by atoms with Gasteiger partial charge in [0.15, 0.2) is 0 Å². The van der Waals surface area contributed by atoms with Crippen LogP contribution < -0.4 is 0 Å². The molecule has 0 saturated heterocycles. The largest absolute Gasteiger partial charge is 0.432 e. The summed E-state index contributed by atoms with van der Waals surface area (Å²) >= 11 is 0. The smallest absolute Gasteiger partial charge is 0.280 e. The van der Waals surface area contributed by atoms with E-state index in [4.69, 9.17) is 0 Å². The molecular weight excluding hydrogens is 253 g/mol. The third-order valence-electron chi connectivity index (χ3n) is 3.33. The molecule has 0 aromatic carbocycles. The van der Waals surface area contributed by atoms with Gasteiger partial charge in [-0.15, -0.1) is 0 Å². The predicted molar refractivity (Wildman–Crippen MR) is 70.6 cm³/mol. The van der Waals surface area contributed by atoms with E-state index in [0.29, 0.717) is 12.0 Å². The molecule has 0 spiro atoms. The summed E-state index contributed by atoms with van der Waals surface area (Å²) in [6, 6.07) is 0. The Morgan fingerprint density at radius 2 is 2.05 bits per heavy atom. The Morgan fingerprint density at radius 1 is 1.32 bits per heavy atom. The van der Waals surface area contributed by atoms with E-state index >= 15 is 0 Å². The van der Waals surface area contributed by atoms with Crippen LogP contribution in [0.5, 0.6) is 0 Å². The van der Waals surface area contributed by atoms with E-state index in [1.54, 1.807) is 6.20 Å².